The average molecular weight is 403 g/mol. The normalized spacial score (nSPS) is 16.4. The molecule has 1 aromatic carbocycles. The van der Waals surface area contributed by atoms with Crippen molar-refractivity contribution in [2.45, 2.75) is 59.4 Å². The van der Waals surface area contributed by atoms with Crippen molar-refractivity contribution in [1.82, 2.24) is 15.1 Å². The van der Waals surface area contributed by atoms with E-state index < -0.39 is 0 Å². The van der Waals surface area contributed by atoms with Gasteiger partial charge in [-0.15, -0.1) is 0 Å². The van der Waals surface area contributed by atoms with Crippen LogP contribution in [0, 0.1) is 13.8 Å². The highest BCUT2D eigenvalue weighted by Crippen LogP contribution is 2.19. The predicted octanol–water partition coefficient (Wildman–Crippen LogP) is 2.94. The molecule has 0 aliphatic carbocycles. The molecule has 6 nitrogen and oxygen atoms in total. The molecule has 0 unspecified atom stereocenters. The highest BCUT2D eigenvalue weighted by Gasteiger charge is 2.21. The zero-order valence-corrected chi connectivity index (χ0v) is 18.6. The van der Waals surface area contributed by atoms with Crippen molar-refractivity contribution in [3.05, 3.63) is 29.3 Å². The summed E-state index contributed by atoms with van der Waals surface area (Å²) in [5.74, 6) is 0.129. The smallest absolute Gasteiger partial charge is 0.238 e. The van der Waals surface area contributed by atoms with Gasteiger partial charge < -0.3 is 10.6 Å². The summed E-state index contributed by atoms with van der Waals surface area (Å²) in [7, 11) is 0. The van der Waals surface area contributed by atoms with Crippen molar-refractivity contribution in [2.24, 2.45) is 0 Å². The molecule has 1 aromatic rings. The Labute approximate surface area is 176 Å². The van der Waals surface area contributed by atoms with Crippen LogP contribution in [0.4, 0.5) is 5.69 Å². The number of piperazine rings is 1. The number of nitrogens with zero attached hydrogens (tertiary/aromatic N) is 2. The average Bonchev–Trinajstić information content (AvgIpc) is 2.66. The van der Waals surface area contributed by atoms with Crippen molar-refractivity contribution in [3.8, 4) is 0 Å². The van der Waals surface area contributed by atoms with E-state index in [0.29, 0.717) is 13.1 Å². The lowest BCUT2D eigenvalue weighted by molar-refractivity contribution is -0.124. The van der Waals surface area contributed by atoms with Crippen LogP contribution >= 0.6 is 0 Å². The third-order valence-corrected chi connectivity index (χ3v) is 5.59. The molecule has 0 saturated carbocycles. The minimum absolute atomic E-state index is 0.0227. The molecule has 2 amide bonds. The van der Waals surface area contributed by atoms with Crippen LogP contribution in [-0.4, -0.2) is 66.9 Å². The van der Waals surface area contributed by atoms with E-state index in [2.05, 4.69) is 34.3 Å². The topological polar surface area (TPSA) is 64.7 Å². The van der Waals surface area contributed by atoms with Gasteiger partial charge in [0.15, 0.2) is 0 Å². The van der Waals surface area contributed by atoms with E-state index in [1.807, 2.05) is 32.0 Å². The van der Waals surface area contributed by atoms with Crippen LogP contribution in [0.1, 0.15) is 50.7 Å². The van der Waals surface area contributed by atoms with Gasteiger partial charge in [-0.2, -0.15) is 0 Å². The number of rotatable bonds is 10. The van der Waals surface area contributed by atoms with Gasteiger partial charge in [0.05, 0.1) is 13.1 Å². The van der Waals surface area contributed by atoms with Gasteiger partial charge in [-0.05, 0) is 38.3 Å². The van der Waals surface area contributed by atoms with Crippen LogP contribution < -0.4 is 10.6 Å². The lowest BCUT2D eigenvalue weighted by atomic mass is 10.1. The van der Waals surface area contributed by atoms with Gasteiger partial charge in [0.2, 0.25) is 11.8 Å². The Hall–Kier alpha value is -1.92. The Morgan fingerprint density at radius 1 is 0.966 bits per heavy atom. The first-order chi connectivity index (χ1) is 13.9. The number of anilines is 1. The van der Waals surface area contributed by atoms with Crippen molar-refractivity contribution < 1.29 is 9.59 Å². The second-order valence-corrected chi connectivity index (χ2v) is 8.33. The molecule has 1 aliphatic heterocycles. The summed E-state index contributed by atoms with van der Waals surface area (Å²) in [6.45, 7) is 12.4. The quantitative estimate of drug-likeness (QED) is 0.591. The van der Waals surface area contributed by atoms with Gasteiger partial charge in [0.25, 0.3) is 0 Å². The fourth-order valence-corrected chi connectivity index (χ4v) is 3.80. The third kappa shape index (κ3) is 8.15. The molecule has 1 saturated heterocycles. The number of carbonyl (C=O) groups excluding carboxylic acids is 2. The molecule has 0 aromatic heterocycles. The van der Waals surface area contributed by atoms with Crippen LogP contribution in [0.15, 0.2) is 18.2 Å². The number of carbonyl (C=O) groups is 2. The van der Waals surface area contributed by atoms with Gasteiger partial charge in [-0.3, -0.25) is 19.4 Å². The number of nitrogens with one attached hydrogen (secondary N) is 2. The molecule has 6 heteroatoms. The molecule has 29 heavy (non-hydrogen) atoms. The first kappa shape index (κ1) is 23.4. The third-order valence-electron chi connectivity index (χ3n) is 5.59. The lowest BCUT2D eigenvalue weighted by Gasteiger charge is -2.34. The van der Waals surface area contributed by atoms with E-state index >= 15 is 0 Å². The number of aryl methyl sites for hydroxylation is 2. The maximum atomic E-state index is 12.4. The molecule has 0 spiro atoms. The highest BCUT2D eigenvalue weighted by molar-refractivity contribution is 5.93. The molecular weight excluding hydrogens is 364 g/mol. The highest BCUT2D eigenvalue weighted by atomic mass is 16.2. The van der Waals surface area contributed by atoms with E-state index in [9.17, 15) is 9.59 Å². The number of para-hydroxylation sites is 1. The van der Waals surface area contributed by atoms with E-state index in [0.717, 1.165) is 49.4 Å². The Morgan fingerprint density at radius 2 is 1.52 bits per heavy atom. The summed E-state index contributed by atoms with van der Waals surface area (Å²) in [4.78, 5) is 29.0. The number of hydrogen-bond donors (Lipinski definition) is 2. The molecule has 1 atom stereocenters. The standard InChI is InChI=1S/C23H38N4O2/c1-5-6-7-11-20(4)24-21(28)16-26-12-14-27(15-13-26)17-22(29)25-23-18(2)9-8-10-19(23)3/h8-10,20H,5-7,11-17H2,1-4H3,(H,24,28)(H,25,29)/t20-/m0/s1. The molecule has 2 N–H and O–H groups in total. The minimum Gasteiger partial charge on any atom is -0.353 e. The fraction of sp³-hybridized carbons (Fsp3) is 0.652. The molecule has 2 rings (SSSR count). The first-order valence-electron chi connectivity index (χ1n) is 11.0. The molecular formula is C23H38N4O2. The predicted molar refractivity (Wildman–Crippen MR) is 119 cm³/mol. The summed E-state index contributed by atoms with van der Waals surface area (Å²) >= 11 is 0. The van der Waals surface area contributed by atoms with Gasteiger partial charge >= 0.3 is 0 Å². The largest absolute Gasteiger partial charge is 0.353 e. The Bertz CT molecular complexity index is 649. The summed E-state index contributed by atoms with van der Waals surface area (Å²) < 4.78 is 0. The number of amides is 2. The van der Waals surface area contributed by atoms with Crippen LogP contribution in [0.5, 0.6) is 0 Å². The Balaban J connectivity index is 1.68. The summed E-state index contributed by atoms with van der Waals surface area (Å²) in [6, 6.07) is 6.26. The molecule has 1 heterocycles. The number of unbranched alkanes of at least 4 members (excludes halogenated alkanes) is 2. The van der Waals surface area contributed by atoms with Crippen molar-refractivity contribution in [1.29, 1.82) is 0 Å². The van der Waals surface area contributed by atoms with E-state index in [1.165, 1.54) is 19.3 Å². The molecule has 0 radical (unpaired) electrons. The van der Waals surface area contributed by atoms with Crippen molar-refractivity contribution in [3.63, 3.8) is 0 Å². The second-order valence-electron chi connectivity index (χ2n) is 8.33. The number of hydrogen-bond acceptors (Lipinski definition) is 4. The SMILES string of the molecule is CCCCC[C@H](C)NC(=O)CN1CCN(CC(=O)Nc2c(C)cccc2C)CC1. The van der Waals surface area contributed by atoms with Crippen LogP contribution in [0.2, 0.25) is 0 Å². The van der Waals surface area contributed by atoms with Gasteiger partial charge in [0.1, 0.15) is 0 Å². The summed E-state index contributed by atoms with van der Waals surface area (Å²) in [5, 5.41) is 6.16. The Kier molecular flexibility index (Phi) is 9.61. The van der Waals surface area contributed by atoms with E-state index in [-0.39, 0.29) is 17.9 Å². The zero-order chi connectivity index (χ0) is 21.2. The molecule has 1 aliphatic rings. The zero-order valence-electron chi connectivity index (χ0n) is 18.6. The van der Waals surface area contributed by atoms with Gasteiger partial charge in [-0.25, -0.2) is 0 Å². The Morgan fingerprint density at radius 3 is 2.07 bits per heavy atom. The molecule has 1 fully saturated rings. The number of benzene rings is 1. The summed E-state index contributed by atoms with van der Waals surface area (Å²) in [5.41, 5.74) is 3.08. The van der Waals surface area contributed by atoms with Crippen LogP contribution in [0.3, 0.4) is 0 Å². The maximum Gasteiger partial charge on any atom is 0.238 e. The summed E-state index contributed by atoms with van der Waals surface area (Å²) in [6.07, 6.45) is 4.64. The second kappa shape index (κ2) is 11.9. The van der Waals surface area contributed by atoms with Crippen molar-refractivity contribution in [2.75, 3.05) is 44.6 Å². The van der Waals surface area contributed by atoms with Crippen molar-refractivity contribution >= 4 is 17.5 Å². The molecule has 0 bridgehead atoms. The van der Waals surface area contributed by atoms with Crippen LogP contribution in [0.25, 0.3) is 0 Å². The fourth-order valence-electron chi connectivity index (χ4n) is 3.80. The first-order valence-corrected chi connectivity index (χ1v) is 11.0. The lowest BCUT2D eigenvalue weighted by Crippen LogP contribution is -2.51. The van der Waals surface area contributed by atoms with E-state index in [4.69, 9.17) is 0 Å². The van der Waals surface area contributed by atoms with Gasteiger partial charge in [-0.1, -0.05) is 44.4 Å². The van der Waals surface area contributed by atoms with E-state index in [1.54, 1.807) is 0 Å². The van der Waals surface area contributed by atoms with Crippen LogP contribution in [-0.2, 0) is 9.59 Å². The minimum atomic E-state index is 0.0227. The molecule has 162 valence electrons. The maximum absolute atomic E-state index is 12.4. The monoisotopic (exact) mass is 402 g/mol. The van der Waals surface area contributed by atoms with Gasteiger partial charge in [0, 0.05) is 37.9 Å².